The number of nitrogens with zero attached hydrogens (tertiary/aromatic N) is 2. The maximum absolute atomic E-state index is 2.48. The normalized spacial score (nSPS) is 13.7. The number of hydrogen-bond acceptors (Lipinski definition) is 2. The van der Waals surface area contributed by atoms with Crippen LogP contribution in [0.2, 0.25) is 0 Å². The molecule has 0 aliphatic heterocycles. The summed E-state index contributed by atoms with van der Waals surface area (Å²) in [5.41, 5.74) is 19.8. The van der Waals surface area contributed by atoms with Crippen LogP contribution in [0.25, 0.3) is 44.2 Å². The first kappa shape index (κ1) is 38.3. The van der Waals surface area contributed by atoms with Crippen LogP contribution in [0.3, 0.4) is 0 Å². The molecule has 2 aliphatic carbocycles. The maximum atomic E-state index is 2.48. The molecule has 0 aromatic heterocycles. The van der Waals surface area contributed by atoms with E-state index in [1.54, 1.807) is 0 Å². The molecule has 0 N–H and O–H groups in total. The topological polar surface area (TPSA) is 6.48 Å². The quantitative estimate of drug-likeness (QED) is 0.143. The summed E-state index contributed by atoms with van der Waals surface area (Å²) in [7, 11) is 0. The molecule has 2 heteroatoms. The predicted octanol–water partition coefficient (Wildman–Crippen LogP) is 17.0. The van der Waals surface area contributed by atoms with Crippen molar-refractivity contribution in [2.75, 3.05) is 9.80 Å². The summed E-state index contributed by atoms with van der Waals surface area (Å²) in [6, 6.07) is 79.8. The van der Waals surface area contributed by atoms with Gasteiger partial charge in [0, 0.05) is 39.3 Å². The summed E-state index contributed by atoms with van der Waals surface area (Å²) in [5.74, 6) is 0. The van der Waals surface area contributed by atoms with Gasteiger partial charge in [0.25, 0.3) is 0 Å². The highest BCUT2D eigenvalue weighted by Gasteiger charge is 2.36. The van der Waals surface area contributed by atoms with Crippen molar-refractivity contribution in [2.24, 2.45) is 0 Å². The Morgan fingerprint density at radius 3 is 1.62 bits per heavy atom. The second-order valence-corrected chi connectivity index (χ2v) is 17.2. The van der Waals surface area contributed by atoms with E-state index in [1.807, 2.05) is 0 Å². The molecule has 11 rings (SSSR count). The zero-order valence-electron chi connectivity index (χ0n) is 35.7. The number of benzene rings is 9. The highest BCUT2D eigenvalue weighted by atomic mass is 15.1. The Labute approximate surface area is 371 Å². The van der Waals surface area contributed by atoms with Crippen molar-refractivity contribution in [1.29, 1.82) is 0 Å². The minimum atomic E-state index is -0.120. The molecule has 2 aliphatic rings. The maximum Gasteiger partial charge on any atom is 0.0546 e. The molecule has 0 bridgehead atoms. The molecule has 0 saturated carbocycles. The Bertz CT molecular complexity index is 3140. The number of para-hydroxylation sites is 3. The lowest BCUT2D eigenvalue weighted by Gasteiger charge is -2.30. The molecular weight excluding hydrogens is 761 g/mol. The van der Waals surface area contributed by atoms with Crippen LogP contribution in [0, 0.1) is 0 Å². The predicted molar refractivity (Wildman–Crippen MR) is 268 cm³/mol. The van der Waals surface area contributed by atoms with E-state index < -0.39 is 0 Å². The first-order valence-electron chi connectivity index (χ1n) is 22.1. The van der Waals surface area contributed by atoms with E-state index in [0.29, 0.717) is 0 Å². The highest BCUT2D eigenvalue weighted by Crippen LogP contribution is 2.52. The molecule has 0 heterocycles. The van der Waals surface area contributed by atoms with Gasteiger partial charge in [-0.25, -0.2) is 0 Å². The van der Waals surface area contributed by atoms with Crippen molar-refractivity contribution in [3.63, 3.8) is 0 Å². The number of fused-ring (bicyclic) bond motifs is 4. The molecule has 2 nitrogen and oxygen atoms in total. The molecule has 0 fully saturated rings. The van der Waals surface area contributed by atoms with Gasteiger partial charge < -0.3 is 9.80 Å². The van der Waals surface area contributed by atoms with E-state index >= 15 is 0 Å². The van der Waals surface area contributed by atoms with E-state index in [2.05, 4.69) is 254 Å². The van der Waals surface area contributed by atoms with Crippen molar-refractivity contribution in [3.8, 4) is 22.3 Å². The molecule has 9 aromatic carbocycles. The molecular formula is C61H48N2. The lowest BCUT2D eigenvalue weighted by molar-refractivity contribution is 0.660. The smallest absolute Gasteiger partial charge is 0.0546 e. The number of allylic oxidation sites excluding steroid dienone is 4. The van der Waals surface area contributed by atoms with Crippen molar-refractivity contribution in [1.82, 2.24) is 0 Å². The Balaban J connectivity index is 0.995. The van der Waals surface area contributed by atoms with Gasteiger partial charge in [-0.2, -0.15) is 0 Å². The summed E-state index contributed by atoms with van der Waals surface area (Å²) < 4.78 is 0. The zero-order chi connectivity index (χ0) is 42.3. The number of anilines is 6. The van der Waals surface area contributed by atoms with Crippen molar-refractivity contribution < 1.29 is 0 Å². The molecule has 0 radical (unpaired) electrons. The molecule has 63 heavy (non-hydrogen) atoms. The molecule has 0 amide bonds. The van der Waals surface area contributed by atoms with Crippen molar-refractivity contribution >= 4 is 56.0 Å². The van der Waals surface area contributed by atoms with E-state index in [9.17, 15) is 0 Å². The third-order valence-corrected chi connectivity index (χ3v) is 13.2. The van der Waals surface area contributed by atoms with Gasteiger partial charge in [0.1, 0.15) is 0 Å². The Kier molecular flexibility index (Phi) is 9.70. The van der Waals surface area contributed by atoms with Gasteiger partial charge in [0.05, 0.1) is 11.4 Å². The Morgan fingerprint density at radius 1 is 0.365 bits per heavy atom. The molecule has 0 atom stereocenters. The largest absolute Gasteiger partial charge is 0.310 e. The van der Waals surface area contributed by atoms with Gasteiger partial charge in [-0.05, 0) is 129 Å². The van der Waals surface area contributed by atoms with Crippen LogP contribution in [0.1, 0.15) is 48.9 Å². The van der Waals surface area contributed by atoms with Crippen LogP contribution in [0.5, 0.6) is 0 Å². The van der Waals surface area contributed by atoms with Crippen molar-refractivity contribution in [2.45, 2.75) is 32.1 Å². The summed E-state index contributed by atoms with van der Waals surface area (Å²) in [6.07, 6.45) is 6.61. The van der Waals surface area contributed by atoms with Gasteiger partial charge in [-0.1, -0.05) is 184 Å². The molecule has 0 unspecified atom stereocenters. The average Bonchev–Trinajstić information content (AvgIpc) is 3.58. The zero-order valence-corrected chi connectivity index (χ0v) is 35.7. The van der Waals surface area contributed by atoms with Crippen LogP contribution in [0.15, 0.2) is 231 Å². The minimum Gasteiger partial charge on any atom is -0.310 e. The van der Waals surface area contributed by atoms with Gasteiger partial charge in [0.15, 0.2) is 0 Å². The molecule has 0 saturated heterocycles. The fourth-order valence-corrected chi connectivity index (χ4v) is 10.1. The fourth-order valence-electron chi connectivity index (χ4n) is 10.1. The van der Waals surface area contributed by atoms with Gasteiger partial charge in [-0.15, -0.1) is 0 Å². The van der Waals surface area contributed by atoms with Crippen LogP contribution < -0.4 is 9.80 Å². The Morgan fingerprint density at radius 2 is 0.905 bits per heavy atom. The SMILES string of the molecule is CC1(C)c2ccccc2-c2ccc(N(c3ccc(C4=CC=C(c5ccccc5N(c5ccccc5)c5ccccc5)CC4)cc3)c3ccc4ccccc4c3-c3ccccc3)cc21. The minimum absolute atomic E-state index is 0.120. The van der Waals surface area contributed by atoms with E-state index in [0.717, 1.165) is 41.3 Å². The summed E-state index contributed by atoms with van der Waals surface area (Å²) in [6.45, 7) is 4.73. The lowest BCUT2D eigenvalue weighted by Crippen LogP contribution is -2.17. The monoisotopic (exact) mass is 808 g/mol. The van der Waals surface area contributed by atoms with Gasteiger partial charge >= 0.3 is 0 Å². The second kappa shape index (κ2) is 16.0. The first-order valence-corrected chi connectivity index (χ1v) is 22.1. The standard InChI is InChI=1S/C61H48N2/c1-61(2)56-28-16-14-27-54(56)55-40-39-51(42-57(55)61)63(59-41-36-45-18-12-13-26-53(45)60(59)47-19-6-3-7-20-47)50-37-34-44(35-38-50)43-30-32-46(33-31-43)52-25-15-17-29-58(52)62(48-21-8-4-9-22-48)49-23-10-5-11-24-49/h3-30,32,34-42H,31,33H2,1-2H3. The first-order chi connectivity index (χ1) is 31.0. The summed E-state index contributed by atoms with van der Waals surface area (Å²) >= 11 is 0. The van der Waals surface area contributed by atoms with E-state index in [1.165, 1.54) is 72.1 Å². The number of rotatable bonds is 9. The molecule has 9 aromatic rings. The average molecular weight is 809 g/mol. The molecule has 302 valence electrons. The Hall–Kier alpha value is -7.68. The third-order valence-electron chi connectivity index (χ3n) is 13.2. The van der Waals surface area contributed by atoms with Gasteiger partial charge in [0.2, 0.25) is 0 Å². The third kappa shape index (κ3) is 6.85. The summed E-state index contributed by atoms with van der Waals surface area (Å²) in [5, 5.41) is 2.47. The highest BCUT2D eigenvalue weighted by molar-refractivity contribution is 6.05. The lowest BCUT2D eigenvalue weighted by atomic mass is 9.82. The fraction of sp³-hybridized carbons (Fsp3) is 0.0820. The van der Waals surface area contributed by atoms with Crippen LogP contribution in [0.4, 0.5) is 34.1 Å². The number of hydrogen-bond donors (Lipinski definition) is 0. The summed E-state index contributed by atoms with van der Waals surface area (Å²) in [4.78, 5) is 4.85. The van der Waals surface area contributed by atoms with Crippen molar-refractivity contribution in [3.05, 3.63) is 253 Å². The van der Waals surface area contributed by atoms with Crippen LogP contribution in [-0.2, 0) is 5.41 Å². The van der Waals surface area contributed by atoms with E-state index in [4.69, 9.17) is 0 Å². The van der Waals surface area contributed by atoms with Crippen LogP contribution >= 0.6 is 0 Å². The van der Waals surface area contributed by atoms with Crippen LogP contribution in [-0.4, -0.2) is 0 Å². The second-order valence-electron chi connectivity index (χ2n) is 17.2. The van der Waals surface area contributed by atoms with E-state index in [-0.39, 0.29) is 5.41 Å². The molecule has 0 spiro atoms. The van der Waals surface area contributed by atoms with Gasteiger partial charge in [-0.3, -0.25) is 0 Å².